The smallest absolute Gasteiger partial charge is 0.319 e. The lowest BCUT2D eigenvalue weighted by atomic mass is 9.68. The fourth-order valence-corrected chi connectivity index (χ4v) is 2.66. The van der Waals surface area contributed by atoms with E-state index in [1.807, 2.05) is 6.92 Å². The number of carboxylic acid groups (broad SMARTS) is 1. The summed E-state index contributed by atoms with van der Waals surface area (Å²) in [7, 11) is 0. The van der Waals surface area contributed by atoms with Gasteiger partial charge in [0, 0.05) is 6.04 Å². The van der Waals surface area contributed by atoms with Crippen molar-refractivity contribution < 1.29 is 14.7 Å². The molecule has 5 heteroatoms. The Hall–Kier alpha value is -1.10. The highest BCUT2D eigenvalue weighted by molar-refractivity contribution is 6.02. The van der Waals surface area contributed by atoms with Crippen LogP contribution < -0.4 is 5.32 Å². The molecule has 20 heavy (non-hydrogen) atoms. The van der Waals surface area contributed by atoms with Crippen LogP contribution in [0, 0.1) is 5.41 Å². The van der Waals surface area contributed by atoms with Gasteiger partial charge in [-0.1, -0.05) is 20.3 Å². The highest BCUT2D eigenvalue weighted by Crippen LogP contribution is 2.41. The molecule has 0 aliphatic heterocycles. The Balaban J connectivity index is 2.33. The predicted octanol–water partition coefficient (Wildman–Crippen LogP) is 1.87. The van der Waals surface area contributed by atoms with Gasteiger partial charge in [-0.3, -0.25) is 9.59 Å². The van der Waals surface area contributed by atoms with Crippen molar-refractivity contribution in [1.29, 1.82) is 0 Å². The van der Waals surface area contributed by atoms with Gasteiger partial charge in [-0.05, 0) is 52.2 Å². The van der Waals surface area contributed by atoms with E-state index in [9.17, 15) is 14.7 Å². The lowest BCUT2D eigenvalue weighted by molar-refractivity contribution is -0.162. The summed E-state index contributed by atoms with van der Waals surface area (Å²) in [5.41, 5.74) is -1.15. The van der Waals surface area contributed by atoms with Gasteiger partial charge >= 0.3 is 5.97 Å². The highest BCUT2D eigenvalue weighted by Gasteiger charge is 2.51. The van der Waals surface area contributed by atoms with Gasteiger partial charge in [-0.2, -0.15) is 0 Å². The number of nitrogens with zero attached hydrogens (tertiary/aromatic N) is 1. The molecule has 1 aliphatic carbocycles. The molecule has 0 aromatic heterocycles. The monoisotopic (exact) mass is 284 g/mol. The summed E-state index contributed by atoms with van der Waals surface area (Å²) in [6.07, 6.45) is 3.68. The first-order valence-corrected chi connectivity index (χ1v) is 7.73. The summed E-state index contributed by atoms with van der Waals surface area (Å²) in [6.45, 7) is 9.34. The number of carbonyl (C=O) groups excluding carboxylic acids is 1. The molecule has 1 fully saturated rings. The molecule has 1 atom stereocenters. The van der Waals surface area contributed by atoms with Gasteiger partial charge in [0.1, 0.15) is 5.41 Å². The van der Waals surface area contributed by atoms with Crippen LogP contribution in [-0.4, -0.2) is 47.6 Å². The van der Waals surface area contributed by atoms with Gasteiger partial charge in [0.2, 0.25) is 5.91 Å². The summed E-state index contributed by atoms with van der Waals surface area (Å²) in [4.78, 5) is 25.7. The van der Waals surface area contributed by atoms with Crippen molar-refractivity contribution in [3.05, 3.63) is 0 Å². The second-order valence-corrected chi connectivity index (χ2v) is 5.78. The minimum atomic E-state index is -1.15. The number of aliphatic carboxylic acids is 1. The van der Waals surface area contributed by atoms with Crippen LogP contribution in [0.25, 0.3) is 0 Å². The number of carboxylic acids is 1. The Kier molecular flexibility index (Phi) is 6.46. The first-order valence-electron chi connectivity index (χ1n) is 7.73. The minimum absolute atomic E-state index is 0.0369. The Labute approximate surface area is 121 Å². The van der Waals surface area contributed by atoms with Gasteiger partial charge < -0.3 is 15.3 Å². The van der Waals surface area contributed by atoms with E-state index in [0.29, 0.717) is 12.8 Å². The molecule has 1 rings (SSSR count). The molecule has 1 saturated carbocycles. The number of carbonyl (C=O) groups is 2. The van der Waals surface area contributed by atoms with Crippen molar-refractivity contribution in [2.24, 2.45) is 5.41 Å². The number of nitrogens with one attached hydrogen (secondary N) is 1. The van der Waals surface area contributed by atoms with Gasteiger partial charge in [0.15, 0.2) is 0 Å². The zero-order valence-corrected chi connectivity index (χ0v) is 12.9. The molecule has 0 radical (unpaired) electrons. The fourth-order valence-electron chi connectivity index (χ4n) is 2.66. The van der Waals surface area contributed by atoms with Gasteiger partial charge in [-0.25, -0.2) is 0 Å². The average Bonchev–Trinajstić information content (AvgIpc) is 2.32. The topological polar surface area (TPSA) is 69.6 Å². The molecule has 0 saturated heterocycles. The third-order valence-electron chi connectivity index (χ3n) is 4.43. The van der Waals surface area contributed by atoms with Crippen molar-refractivity contribution >= 4 is 11.9 Å². The lowest BCUT2D eigenvalue weighted by Gasteiger charge is -2.36. The maximum absolute atomic E-state index is 12.1. The van der Waals surface area contributed by atoms with E-state index in [1.165, 1.54) is 0 Å². The summed E-state index contributed by atoms with van der Waals surface area (Å²) in [5.74, 6) is -1.27. The maximum atomic E-state index is 12.1. The normalized spacial score (nSPS) is 18.4. The first kappa shape index (κ1) is 17.0. The van der Waals surface area contributed by atoms with Crippen molar-refractivity contribution in [1.82, 2.24) is 10.2 Å². The molecular formula is C15H28N2O3. The van der Waals surface area contributed by atoms with Gasteiger partial charge in [0.05, 0.1) is 0 Å². The highest BCUT2D eigenvalue weighted by atomic mass is 16.4. The van der Waals surface area contributed by atoms with Crippen molar-refractivity contribution in [2.75, 3.05) is 19.6 Å². The van der Waals surface area contributed by atoms with E-state index in [-0.39, 0.29) is 11.9 Å². The van der Waals surface area contributed by atoms with E-state index in [4.69, 9.17) is 0 Å². The second-order valence-electron chi connectivity index (χ2n) is 5.78. The third-order valence-corrected chi connectivity index (χ3v) is 4.43. The Bertz CT molecular complexity index is 336. The van der Waals surface area contributed by atoms with Gasteiger partial charge in [0.25, 0.3) is 0 Å². The SMILES string of the molecule is CCN(CC)CCCC(C)NC(=O)C1(C(=O)O)CCC1. The molecule has 1 aliphatic rings. The molecule has 1 unspecified atom stereocenters. The van der Waals surface area contributed by atoms with Crippen LogP contribution in [0.15, 0.2) is 0 Å². The molecular weight excluding hydrogens is 256 g/mol. The molecule has 0 aromatic rings. The van der Waals surface area contributed by atoms with E-state index < -0.39 is 11.4 Å². The van der Waals surface area contributed by atoms with E-state index in [2.05, 4.69) is 24.1 Å². The van der Waals surface area contributed by atoms with Crippen LogP contribution in [0.3, 0.4) is 0 Å². The van der Waals surface area contributed by atoms with Crippen molar-refractivity contribution in [3.63, 3.8) is 0 Å². The van der Waals surface area contributed by atoms with Crippen LogP contribution in [0.2, 0.25) is 0 Å². The molecule has 2 N–H and O–H groups in total. The lowest BCUT2D eigenvalue weighted by Crippen LogP contribution is -2.53. The number of amides is 1. The molecule has 1 amide bonds. The van der Waals surface area contributed by atoms with Crippen LogP contribution in [0.5, 0.6) is 0 Å². The predicted molar refractivity (Wildman–Crippen MR) is 78.5 cm³/mol. The Morgan fingerprint density at radius 2 is 1.90 bits per heavy atom. The standard InChI is InChI=1S/C15H28N2O3/c1-4-17(5-2)11-6-8-12(3)16-13(18)15(14(19)20)9-7-10-15/h12H,4-11H2,1-3H3,(H,16,18)(H,19,20). The van der Waals surface area contributed by atoms with Crippen LogP contribution in [-0.2, 0) is 9.59 Å². The largest absolute Gasteiger partial charge is 0.480 e. The van der Waals surface area contributed by atoms with E-state index >= 15 is 0 Å². The number of hydrogen-bond donors (Lipinski definition) is 2. The summed E-state index contributed by atoms with van der Waals surface area (Å²) in [6, 6.07) is 0.0369. The summed E-state index contributed by atoms with van der Waals surface area (Å²) in [5, 5.41) is 12.1. The maximum Gasteiger partial charge on any atom is 0.319 e. The van der Waals surface area contributed by atoms with Crippen LogP contribution >= 0.6 is 0 Å². The zero-order chi connectivity index (χ0) is 15.2. The quantitative estimate of drug-likeness (QED) is 0.634. The minimum Gasteiger partial charge on any atom is -0.480 e. The van der Waals surface area contributed by atoms with Crippen molar-refractivity contribution in [3.8, 4) is 0 Å². The summed E-state index contributed by atoms with van der Waals surface area (Å²) < 4.78 is 0. The van der Waals surface area contributed by atoms with Gasteiger partial charge in [-0.15, -0.1) is 0 Å². The average molecular weight is 284 g/mol. The summed E-state index contributed by atoms with van der Waals surface area (Å²) >= 11 is 0. The van der Waals surface area contributed by atoms with E-state index in [0.717, 1.165) is 38.9 Å². The number of rotatable bonds is 9. The molecule has 116 valence electrons. The molecule has 0 bridgehead atoms. The van der Waals surface area contributed by atoms with Crippen LogP contribution in [0.1, 0.15) is 52.9 Å². The second kappa shape index (κ2) is 7.62. The Morgan fingerprint density at radius 1 is 1.30 bits per heavy atom. The molecule has 0 spiro atoms. The molecule has 0 heterocycles. The van der Waals surface area contributed by atoms with Crippen LogP contribution in [0.4, 0.5) is 0 Å². The zero-order valence-electron chi connectivity index (χ0n) is 12.9. The molecule has 5 nitrogen and oxygen atoms in total. The number of hydrogen-bond acceptors (Lipinski definition) is 3. The Morgan fingerprint density at radius 3 is 2.30 bits per heavy atom. The van der Waals surface area contributed by atoms with E-state index in [1.54, 1.807) is 0 Å². The third kappa shape index (κ3) is 3.95. The molecule has 0 aromatic carbocycles. The fraction of sp³-hybridized carbons (Fsp3) is 0.867. The first-order chi connectivity index (χ1) is 9.46. The van der Waals surface area contributed by atoms with Crippen molar-refractivity contribution in [2.45, 2.75) is 58.9 Å².